The fraction of sp³-hybridized carbons (Fsp3) is 0.571. The lowest BCUT2D eigenvalue weighted by Gasteiger charge is -2.23. The Morgan fingerprint density at radius 3 is 2.56 bits per heavy atom. The zero-order chi connectivity index (χ0) is 12.5. The van der Waals surface area contributed by atoms with Gasteiger partial charge in [0.25, 0.3) is 0 Å². The van der Waals surface area contributed by atoms with Gasteiger partial charge in [0.05, 0.1) is 0 Å². The van der Waals surface area contributed by atoms with Crippen molar-refractivity contribution in [2.45, 2.75) is 25.3 Å². The van der Waals surface area contributed by atoms with E-state index in [2.05, 4.69) is 27.3 Å². The number of fused-ring (bicyclic) bond motifs is 1. The molecule has 0 saturated heterocycles. The predicted molar refractivity (Wildman–Crippen MR) is 74.3 cm³/mol. The van der Waals surface area contributed by atoms with Crippen LogP contribution in [0.3, 0.4) is 0 Å². The van der Waals surface area contributed by atoms with E-state index in [9.17, 15) is 0 Å². The van der Waals surface area contributed by atoms with Gasteiger partial charge in [-0.25, -0.2) is 0 Å². The minimum Gasteiger partial charge on any atom is -0.486 e. The van der Waals surface area contributed by atoms with Gasteiger partial charge in [0, 0.05) is 10.5 Å². The molecule has 1 aromatic rings. The summed E-state index contributed by atoms with van der Waals surface area (Å²) in [5, 5.41) is 3.41. The number of hydrogen-bond donors (Lipinski definition) is 1. The first-order chi connectivity index (χ1) is 8.78. The standard InChI is InChI=1S/C14H18BrNO2/c1-16-12(6-9-2-3-9)10-7-13-14(8-11(10)15)18-5-4-17-13/h7-9,12,16H,2-6H2,1H3. The van der Waals surface area contributed by atoms with E-state index in [-0.39, 0.29) is 0 Å². The van der Waals surface area contributed by atoms with Gasteiger partial charge in [-0.1, -0.05) is 28.8 Å². The molecule has 0 amide bonds. The normalized spacial score (nSPS) is 19.7. The van der Waals surface area contributed by atoms with Gasteiger partial charge in [-0.05, 0) is 37.1 Å². The molecule has 1 heterocycles. The molecule has 0 aromatic heterocycles. The van der Waals surface area contributed by atoms with Crippen LogP contribution in [0.1, 0.15) is 30.9 Å². The van der Waals surface area contributed by atoms with Crippen LogP contribution in [0.25, 0.3) is 0 Å². The molecule has 3 nitrogen and oxygen atoms in total. The van der Waals surface area contributed by atoms with E-state index in [1.54, 1.807) is 0 Å². The fourth-order valence-electron chi connectivity index (χ4n) is 2.43. The molecule has 0 spiro atoms. The summed E-state index contributed by atoms with van der Waals surface area (Å²) >= 11 is 3.65. The van der Waals surface area contributed by atoms with Gasteiger partial charge in [0.15, 0.2) is 11.5 Å². The summed E-state index contributed by atoms with van der Waals surface area (Å²) in [4.78, 5) is 0. The minimum atomic E-state index is 0.391. The quantitative estimate of drug-likeness (QED) is 0.925. The van der Waals surface area contributed by atoms with Gasteiger partial charge < -0.3 is 14.8 Å². The van der Waals surface area contributed by atoms with E-state index in [4.69, 9.17) is 9.47 Å². The minimum absolute atomic E-state index is 0.391. The molecule has 0 bridgehead atoms. The maximum absolute atomic E-state index is 5.66. The number of rotatable bonds is 4. The van der Waals surface area contributed by atoms with Crippen molar-refractivity contribution in [1.29, 1.82) is 0 Å². The first kappa shape index (κ1) is 12.3. The molecule has 2 aliphatic rings. The van der Waals surface area contributed by atoms with Crippen LogP contribution in [0.2, 0.25) is 0 Å². The molecule has 1 N–H and O–H groups in total. The van der Waals surface area contributed by atoms with Crippen molar-refractivity contribution < 1.29 is 9.47 Å². The van der Waals surface area contributed by atoms with Gasteiger partial charge in [-0.15, -0.1) is 0 Å². The SMILES string of the molecule is CNC(CC1CC1)c1cc2c(cc1Br)OCCO2. The number of halogens is 1. The van der Waals surface area contributed by atoms with Gasteiger partial charge in [-0.3, -0.25) is 0 Å². The Morgan fingerprint density at radius 2 is 1.94 bits per heavy atom. The summed E-state index contributed by atoms with van der Waals surface area (Å²) in [7, 11) is 2.02. The molecular formula is C14H18BrNO2. The molecule has 1 aliphatic carbocycles. The van der Waals surface area contributed by atoms with Crippen molar-refractivity contribution in [3.63, 3.8) is 0 Å². The molecule has 1 atom stereocenters. The van der Waals surface area contributed by atoms with Crippen LogP contribution in [0.15, 0.2) is 16.6 Å². The van der Waals surface area contributed by atoms with Gasteiger partial charge >= 0.3 is 0 Å². The average molecular weight is 312 g/mol. The van der Waals surface area contributed by atoms with Crippen molar-refractivity contribution in [2.24, 2.45) is 5.92 Å². The Balaban J connectivity index is 1.89. The Labute approximate surface area is 116 Å². The topological polar surface area (TPSA) is 30.5 Å². The second-order valence-corrected chi connectivity index (χ2v) is 5.89. The molecule has 4 heteroatoms. The third-order valence-corrected chi connectivity index (χ3v) is 4.34. The van der Waals surface area contributed by atoms with E-state index < -0.39 is 0 Å². The molecule has 1 aliphatic heterocycles. The zero-order valence-electron chi connectivity index (χ0n) is 10.5. The first-order valence-corrected chi connectivity index (χ1v) is 7.33. The number of ether oxygens (including phenoxy) is 2. The third kappa shape index (κ3) is 2.50. The first-order valence-electron chi connectivity index (χ1n) is 6.54. The second kappa shape index (κ2) is 5.10. The summed E-state index contributed by atoms with van der Waals surface area (Å²) in [6.45, 7) is 1.28. The van der Waals surface area contributed by atoms with E-state index in [1.807, 2.05) is 13.1 Å². The molecule has 1 aromatic carbocycles. The average Bonchev–Trinajstić information content (AvgIpc) is 3.19. The summed E-state index contributed by atoms with van der Waals surface area (Å²) in [5.74, 6) is 2.61. The van der Waals surface area contributed by atoms with Gasteiger partial charge in [0.1, 0.15) is 13.2 Å². The molecule has 1 saturated carbocycles. The highest BCUT2D eigenvalue weighted by Crippen LogP contribution is 2.42. The van der Waals surface area contributed by atoms with Crippen LogP contribution in [0.4, 0.5) is 0 Å². The Kier molecular flexibility index (Phi) is 3.48. The van der Waals surface area contributed by atoms with Crippen LogP contribution in [-0.2, 0) is 0 Å². The predicted octanol–water partition coefficient (Wildman–Crippen LogP) is 3.28. The molecular weight excluding hydrogens is 294 g/mol. The fourth-order valence-corrected chi connectivity index (χ4v) is 3.03. The van der Waals surface area contributed by atoms with Crippen molar-refractivity contribution in [1.82, 2.24) is 5.32 Å². The lowest BCUT2D eigenvalue weighted by molar-refractivity contribution is 0.171. The largest absolute Gasteiger partial charge is 0.486 e. The molecule has 1 unspecified atom stereocenters. The van der Waals surface area contributed by atoms with E-state index in [0.717, 1.165) is 21.9 Å². The monoisotopic (exact) mass is 311 g/mol. The highest BCUT2D eigenvalue weighted by atomic mass is 79.9. The summed E-state index contributed by atoms with van der Waals surface area (Å²) < 4.78 is 12.4. The highest BCUT2D eigenvalue weighted by Gasteiger charge is 2.27. The highest BCUT2D eigenvalue weighted by molar-refractivity contribution is 9.10. The van der Waals surface area contributed by atoms with Crippen LogP contribution in [0, 0.1) is 5.92 Å². The molecule has 98 valence electrons. The van der Waals surface area contributed by atoms with Gasteiger partial charge in [-0.2, -0.15) is 0 Å². The van der Waals surface area contributed by atoms with Crippen LogP contribution >= 0.6 is 15.9 Å². The number of nitrogens with one attached hydrogen (secondary N) is 1. The van der Waals surface area contributed by atoms with E-state index in [0.29, 0.717) is 19.3 Å². The summed E-state index contributed by atoms with van der Waals surface area (Å²) in [5.41, 5.74) is 1.27. The molecule has 18 heavy (non-hydrogen) atoms. The summed E-state index contributed by atoms with van der Waals surface area (Å²) in [6.07, 6.45) is 3.95. The van der Waals surface area contributed by atoms with E-state index >= 15 is 0 Å². The van der Waals surface area contributed by atoms with Crippen LogP contribution in [0.5, 0.6) is 11.5 Å². The van der Waals surface area contributed by atoms with Crippen molar-refractivity contribution in [3.05, 3.63) is 22.2 Å². The molecule has 1 fully saturated rings. The maximum atomic E-state index is 5.66. The molecule has 0 radical (unpaired) electrons. The Morgan fingerprint density at radius 1 is 1.28 bits per heavy atom. The van der Waals surface area contributed by atoms with E-state index in [1.165, 1.54) is 24.8 Å². The van der Waals surface area contributed by atoms with Crippen molar-refractivity contribution in [2.75, 3.05) is 20.3 Å². The Bertz CT molecular complexity index is 446. The lowest BCUT2D eigenvalue weighted by atomic mass is 10.0. The number of hydrogen-bond acceptors (Lipinski definition) is 3. The smallest absolute Gasteiger partial charge is 0.162 e. The zero-order valence-corrected chi connectivity index (χ0v) is 12.1. The van der Waals surface area contributed by atoms with Crippen LogP contribution in [-0.4, -0.2) is 20.3 Å². The third-order valence-electron chi connectivity index (χ3n) is 3.65. The van der Waals surface area contributed by atoms with Crippen LogP contribution < -0.4 is 14.8 Å². The van der Waals surface area contributed by atoms with Crippen molar-refractivity contribution >= 4 is 15.9 Å². The summed E-state index contributed by atoms with van der Waals surface area (Å²) in [6, 6.07) is 4.53. The maximum Gasteiger partial charge on any atom is 0.162 e. The molecule has 3 rings (SSSR count). The second-order valence-electron chi connectivity index (χ2n) is 5.04. The van der Waals surface area contributed by atoms with Crippen molar-refractivity contribution in [3.8, 4) is 11.5 Å². The Hall–Kier alpha value is -0.740. The lowest BCUT2D eigenvalue weighted by Crippen LogP contribution is -2.19. The number of benzene rings is 1. The van der Waals surface area contributed by atoms with Gasteiger partial charge in [0.2, 0.25) is 0 Å².